The molecular weight excluding hydrogens is 388 g/mol. The van der Waals surface area contributed by atoms with Crippen LogP contribution in [0.2, 0.25) is 0 Å². The molecule has 1 atom stereocenters. The van der Waals surface area contributed by atoms with Gasteiger partial charge >= 0.3 is 0 Å². The molecule has 0 saturated carbocycles. The molecule has 2 aromatic carbocycles. The number of para-hydroxylation sites is 2. The summed E-state index contributed by atoms with van der Waals surface area (Å²) in [6.07, 6.45) is 2.21. The zero-order valence-corrected chi connectivity index (χ0v) is 18.9. The number of hydrogen-bond acceptors (Lipinski definition) is 4. The van der Waals surface area contributed by atoms with Crippen molar-refractivity contribution >= 4 is 23.1 Å². The molecule has 6 nitrogen and oxygen atoms in total. The number of carbonyl (C=O) groups is 1. The number of benzene rings is 2. The third kappa shape index (κ3) is 4.68. The number of piperidine rings is 1. The van der Waals surface area contributed by atoms with Gasteiger partial charge < -0.3 is 20.3 Å². The number of likely N-dealkylation sites (tertiary alicyclic amines) is 1. The number of carbonyl (C=O) groups excluding carboxylic acids is 1. The number of anilines is 2. The number of nitrogens with zero attached hydrogens (tertiary/aromatic N) is 2. The van der Waals surface area contributed by atoms with E-state index in [0.717, 1.165) is 47.9 Å². The van der Waals surface area contributed by atoms with Gasteiger partial charge in [0.05, 0.1) is 37.0 Å². The van der Waals surface area contributed by atoms with Gasteiger partial charge in [0.25, 0.3) is 0 Å². The SMILES string of the molecule is COc1cccc(CC(=O)N2CCC[C@]3(C2)Nc2ccccc2NC3=NC(C)(C)C)c1. The van der Waals surface area contributed by atoms with Crippen molar-refractivity contribution in [1.29, 1.82) is 0 Å². The average Bonchev–Trinajstić information content (AvgIpc) is 2.73. The van der Waals surface area contributed by atoms with Gasteiger partial charge in [0.2, 0.25) is 5.91 Å². The highest BCUT2D eigenvalue weighted by Gasteiger charge is 2.45. The van der Waals surface area contributed by atoms with Gasteiger partial charge in [0, 0.05) is 6.54 Å². The Morgan fingerprint density at radius 3 is 2.68 bits per heavy atom. The Hall–Kier alpha value is -3.02. The Balaban J connectivity index is 1.60. The first kappa shape index (κ1) is 21.2. The van der Waals surface area contributed by atoms with Gasteiger partial charge in [-0.25, -0.2) is 0 Å². The van der Waals surface area contributed by atoms with Crippen molar-refractivity contribution in [2.45, 2.75) is 51.1 Å². The summed E-state index contributed by atoms with van der Waals surface area (Å²) in [7, 11) is 1.64. The van der Waals surface area contributed by atoms with Crippen molar-refractivity contribution in [3.05, 3.63) is 54.1 Å². The lowest BCUT2D eigenvalue weighted by Crippen LogP contribution is -2.63. The molecular formula is C25H32N4O2. The lowest BCUT2D eigenvalue weighted by molar-refractivity contribution is -0.131. The smallest absolute Gasteiger partial charge is 0.227 e. The fourth-order valence-corrected chi connectivity index (χ4v) is 4.37. The molecule has 0 unspecified atom stereocenters. The molecule has 1 spiro atoms. The summed E-state index contributed by atoms with van der Waals surface area (Å²) in [5.41, 5.74) is 2.40. The van der Waals surface area contributed by atoms with Crippen molar-refractivity contribution in [2.75, 3.05) is 30.8 Å². The molecule has 2 N–H and O–H groups in total. The number of ether oxygens (including phenoxy) is 1. The normalized spacial score (nSPS) is 21.9. The quantitative estimate of drug-likeness (QED) is 0.776. The maximum absolute atomic E-state index is 13.2. The van der Waals surface area contributed by atoms with Crippen LogP contribution in [0, 0.1) is 0 Å². The van der Waals surface area contributed by atoms with Gasteiger partial charge in [0.15, 0.2) is 0 Å². The summed E-state index contributed by atoms with van der Waals surface area (Å²) >= 11 is 0. The van der Waals surface area contributed by atoms with Crippen molar-refractivity contribution in [3.8, 4) is 5.75 Å². The van der Waals surface area contributed by atoms with Crippen molar-refractivity contribution in [3.63, 3.8) is 0 Å². The highest BCUT2D eigenvalue weighted by Crippen LogP contribution is 2.37. The topological polar surface area (TPSA) is 66.0 Å². The van der Waals surface area contributed by atoms with Crippen LogP contribution >= 0.6 is 0 Å². The van der Waals surface area contributed by atoms with Crippen LogP contribution in [0.25, 0.3) is 0 Å². The molecule has 164 valence electrons. The molecule has 2 aliphatic rings. The number of nitrogens with one attached hydrogen (secondary N) is 2. The van der Waals surface area contributed by atoms with E-state index in [1.807, 2.05) is 41.3 Å². The Morgan fingerprint density at radius 1 is 1.16 bits per heavy atom. The van der Waals surface area contributed by atoms with Crippen LogP contribution < -0.4 is 15.4 Å². The standard InChI is InChI=1S/C25H32N4O2/c1-24(2,3)28-23-25(27-21-12-6-5-11-20(21)26-23)13-8-14-29(17-25)22(30)16-18-9-7-10-19(15-18)31-4/h5-7,9-12,15,27H,8,13-14,16-17H2,1-4H3,(H,26,28)/t25-/m1/s1. The van der Waals surface area contributed by atoms with E-state index in [1.165, 1.54) is 0 Å². The van der Waals surface area contributed by atoms with Crippen molar-refractivity contribution in [2.24, 2.45) is 4.99 Å². The lowest BCUT2D eigenvalue weighted by atomic mass is 9.84. The Morgan fingerprint density at radius 2 is 1.94 bits per heavy atom. The minimum absolute atomic E-state index is 0.128. The van der Waals surface area contributed by atoms with Crippen LogP contribution in [0.5, 0.6) is 5.75 Å². The van der Waals surface area contributed by atoms with Crippen LogP contribution in [0.15, 0.2) is 53.5 Å². The third-order valence-electron chi connectivity index (χ3n) is 5.79. The van der Waals surface area contributed by atoms with Crippen molar-refractivity contribution < 1.29 is 9.53 Å². The highest BCUT2D eigenvalue weighted by molar-refractivity contribution is 6.10. The molecule has 1 amide bonds. The number of amidine groups is 1. The van der Waals surface area contributed by atoms with E-state index < -0.39 is 5.54 Å². The number of hydrogen-bond donors (Lipinski definition) is 2. The second-order valence-electron chi connectivity index (χ2n) is 9.46. The monoisotopic (exact) mass is 420 g/mol. The van der Waals surface area contributed by atoms with E-state index in [9.17, 15) is 4.79 Å². The molecule has 4 rings (SSSR count). The maximum Gasteiger partial charge on any atom is 0.227 e. The van der Waals surface area contributed by atoms with E-state index in [2.05, 4.69) is 43.5 Å². The van der Waals surface area contributed by atoms with E-state index in [1.54, 1.807) is 7.11 Å². The van der Waals surface area contributed by atoms with Crippen LogP contribution in [-0.2, 0) is 11.2 Å². The summed E-state index contributed by atoms with van der Waals surface area (Å²) in [6.45, 7) is 7.65. The van der Waals surface area contributed by atoms with Gasteiger partial charge in [-0.1, -0.05) is 24.3 Å². The van der Waals surface area contributed by atoms with E-state index in [-0.39, 0.29) is 11.4 Å². The van der Waals surface area contributed by atoms with E-state index in [4.69, 9.17) is 9.73 Å². The molecule has 1 fully saturated rings. The van der Waals surface area contributed by atoms with Gasteiger partial charge in [0.1, 0.15) is 17.1 Å². The molecule has 2 heterocycles. The second-order valence-corrected chi connectivity index (χ2v) is 9.46. The molecule has 6 heteroatoms. The molecule has 0 aromatic heterocycles. The molecule has 1 saturated heterocycles. The maximum atomic E-state index is 13.2. The Bertz CT molecular complexity index is 995. The predicted molar refractivity (Wildman–Crippen MR) is 126 cm³/mol. The number of amides is 1. The van der Waals surface area contributed by atoms with Crippen molar-refractivity contribution in [1.82, 2.24) is 4.90 Å². The summed E-state index contributed by atoms with van der Waals surface area (Å²) in [6, 6.07) is 15.9. The summed E-state index contributed by atoms with van der Waals surface area (Å²) < 4.78 is 5.31. The molecule has 0 radical (unpaired) electrons. The van der Waals surface area contributed by atoms with Crippen LogP contribution in [0.4, 0.5) is 11.4 Å². The first-order valence-electron chi connectivity index (χ1n) is 10.9. The minimum atomic E-state index is -0.413. The third-order valence-corrected chi connectivity index (χ3v) is 5.79. The number of fused-ring (bicyclic) bond motifs is 1. The van der Waals surface area contributed by atoms with Crippen LogP contribution in [0.3, 0.4) is 0 Å². The average molecular weight is 421 g/mol. The van der Waals surface area contributed by atoms with E-state index in [0.29, 0.717) is 13.0 Å². The molecule has 0 aliphatic carbocycles. The fourth-order valence-electron chi connectivity index (χ4n) is 4.37. The second kappa shape index (κ2) is 8.25. The molecule has 0 bridgehead atoms. The summed E-state index contributed by atoms with van der Waals surface area (Å²) in [5, 5.41) is 7.32. The zero-order valence-electron chi connectivity index (χ0n) is 18.9. The highest BCUT2D eigenvalue weighted by atomic mass is 16.5. The van der Waals surface area contributed by atoms with Crippen LogP contribution in [-0.4, -0.2) is 47.9 Å². The van der Waals surface area contributed by atoms with Crippen LogP contribution in [0.1, 0.15) is 39.2 Å². The molecule has 31 heavy (non-hydrogen) atoms. The Kier molecular flexibility index (Phi) is 5.65. The summed E-state index contributed by atoms with van der Waals surface area (Å²) in [5.74, 6) is 1.82. The number of rotatable bonds is 3. The molecule has 2 aliphatic heterocycles. The van der Waals surface area contributed by atoms with Gasteiger partial charge in [-0.2, -0.15) is 0 Å². The first-order chi connectivity index (χ1) is 14.8. The first-order valence-corrected chi connectivity index (χ1v) is 10.9. The fraction of sp³-hybridized carbons (Fsp3) is 0.440. The minimum Gasteiger partial charge on any atom is -0.497 e. The lowest BCUT2D eigenvalue weighted by Gasteiger charge is -2.48. The van der Waals surface area contributed by atoms with Gasteiger partial charge in [-0.05, 0) is 63.4 Å². The largest absolute Gasteiger partial charge is 0.497 e. The van der Waals surface area contributed by atoms with Gasteiger partial charge in [-0.15, -0.1) is 0 Å². The number of methoxy groups -OCH3 is 1. The van der Waals surface area contributed by atoms with E-state index >= 15 is 0 Å². The number of aliphatic imine (C=N–C) groups is 1. The van der Waals surface area contributed by atoms with Gasteiger partial charge in [-0.3, -0.25) is 9.79 Å². The molecule has 2 aromatic rings. The Labute approximate surface area is 184 Å². The summed E-state index contributed by atoms with van der Waals surface area (Å²) in [4.78, 5) is 20.2. The predicted octanol–water partition coefficient (Wildman–Crippen LogP) is 4.33. The zero-order chi connectivity index (χ0) is 22.1.